The summed E-state index contributed by atoms with van der Waals surface area (Å²) in [6.07, 6.45) is 1.73. The second kappa shape index (κ2) is 10.0. The van der Waals surface area contributed by atoms with Gasteiger partial charge in [-0.1, -0.05) is 23.4 Å². The summed E-state index contributed by atoms with van der Waals surface area (Å²) < 4.78 is 1.99. The number of halogens is 1. The van der Waals surface area contributed by atoms with E-state index in [0.29, 0.717) is 34.0 Å². The maximum absolute atomic E-state index is 13.1. The van der Waals surface area contributed by atoms with Crippen LogP contribution in [0.4, 0.5) is 5.13 Å². The number of thioether (sulfide) groups is 1. The highest BCUT2D eigenvalue weighted by molar-refractivity contribution is 7.99. The minimum atomic E-state index is -0.146. The van der Waals surface area contributed by atoms with Gasteiger partial charge in [0.1, 0.15) is 0 Å². The molecule has 4 rings (SSSR count). The fourth-order valence-corrected chi connectivity index (χ4v) is 5.32. The molecule has 11 heteroatoms. The highest BCUT2D eigenvalue weighted by atomic mass is 35.5. The highest BCUT2D eigenvalue weighted by Crippen LogP contribution is 2.34. The predicted octanol–water partition coefficient (Wildman–Crippen LogP) is 4.42. The van der Waals surface area contributed by atoms with Gasteiger partial charge in [0, 0.05) is 29.1 Å². The number of hydrogen-bond donors (Lipinski definition) is 1. The Morgan fingerprint density at radius 1 is 1.28 bits per heavy atom. The summed E-state index contributed by atoms with van der Waals surface area (Å²) >= 11 is 8.69. The number of nitrogens with zero attached hydrogens (tertiary/aromatic N) is 5. The van der Waals surface area contributed by atoms with Crippen molar-refractivity contribution in [2.75, 3.05) is 17.6 Å². The monoisotopic (exact) mass is 490 g/mol. The number of aromatic nitrogens is 4. The average Bonchev–Trinajstić information content (AvgIpc) is 3.51. The van der Waals surface area contributed by atoms with Crippen LogP contribution in [0.15, 0.2) is 34.8 Å². The fraction of sp³-hybridized carbons (Fsp3) is 0.381. The zero-order chi connectivity index (χ0) is 22.7. The van der Waals surface area contributed by atoms with Gasteiger partial charge >= 0.3 is 0 Å². The van der Waals surface area contributed by atoms with Crippen molar-refractivity contribution in [2.45, 2.75) is 44.4 Å². The van der Waals surface area contributed by atoms with Gasteiger partial charge in [-0.3, -0.25) is 9.59 Å². The molecule has 1 unspecified atom stereocenters. The lowest BCUT2D eigenvalue weighted by molar-refractivity contribution is -0.113. The Morgan fingerprint density at radius 3 is 2.75 bits per heavy atom. The fourth-order valence-electron chi connectivity index (χ4n) is 3.68. The molecule has 3 heterocycles. The predicted molar refractivity (Wildman–Crippen MR) is 126 cm³/mol. The number of benzene rings is 1. The summed E-state index contributed by atoms with van der Waals surface area (Å²) in [5.74, 6) is 0.777. The molecule has 8 nitrogen and oxygen atoms in total. The summed E-state index contributed by atoms with van der Waals surface area (Å²) in [5.41, 5.74) is 1.48. The number of aryl methyl sites for hydroxylation is 1. The van der Waals surface area contributed by atoms with Gasteiger partial charge in [0.2, 0.25) is 5.91 Å². The number of rotatable bonds is 7. The zero-order valence-electron chi connectivity index (χ0n) is 17.7. The second-order valence-corrected chi connectivity index (χ2v) is 9.62. The standard InChI is InChI=1S/C21H23ClN6O2S2/c1-3-27-18(16-5-4-10-28(16)19(30)14-6-8-15(22)9-7-14)25-26-21(27)32-12-17(29)24-20-23-13(2)11-31-20/h6-9,11,16H,3-5,10,12H2,1-2H3,(H,23,24,29). The maximum Gasteiger partial charge on any atom is 0.254 e. The van der Waals surface area contributed by atoms with Crippen LogP contribution in [0.3, 0.4) is 0 Å². The van der Waals surface area contributed by atoms with Gasteiger partial charge in [0.15, 0.2) is 16.1 Å². The number of thiazole rings is 1. The van der Waals surface area contributed by atoms with Crippen molar-refractivity contribution in [1.29, 1.82) is 0 Å². The van der Waals surface area contributed by atoms with E-state index >= 15 is 0 Å². The van der Waals surface area contributed by atoms with Crippen LogP contribution in [-0.4, -0.2) is 48.8 Å². The van der Waals surface area contributed by atoms with E-state index < -0.39 is 0 Å². The van der Waals surface area contributed by atoms with E-state index in [4.69, 9.17) is 11.6 Å². The Bertz CT molecular complexity index is 1110. The number of nitrogens with one attached hydrogen (secondary N) is 1. The Labute approximate surface area is 199 Å². The van der Waals surface area contributed by atoms with E-state index in [1.807, 2.05) is 28.7 Å². The summed E-state index contributed by atoms with van der Waals surface area (Å²) in [5, 5.41) is 15.3. The van der Waals surface area contributed by atoms with Crippen molar-refractivity contribution in [2.24, 2.45) is 0 Å². The van der Waals surface area contributed by atoms with E-state index in [2.05, 4.69) is 20.5 Å². The van der Waals surface area contributed by atoms with Gasteiger partial charge in [0.05, 0.1) is 17.5 Å². The third-order valence-electron chi connectivity index (χ3n) is 5.16. The first-order valence-corrected chi connectivity index (χ1v) is 12.5. The lowest BCUT2D eigenvalue weighted by Crippen LogP contribution is -2.32. The average molecular weight is 491 g/mol. The molecule has 1 fully saturated rings. The van der Waals surface area contributed by atoms with Crippen LogP contribution in [0.2, 0.25) is 5.02 Å². The highest BCUT2D eigenvalue weighted by Gasteiger charge is 2.34. The summed E-state index contributed by atoms with van der Waals surface area (Å²) in [6, 6.07) is 6.79. The van der Waals surface area contributed by atoms with Gasteiger partial charge in [-0.25, -0.2) is 4.98 Å². The molecule has 2 amide bonds. The summed E-state index contributed by atoms with van der Waals surface area (Å²) in [6.45, 7) is 5.21. The molecule has 1 aliphatic heterocycles. The molecule has 168 valence electrons. The van der Waals surface area contributed by atoms with Crippen molar-refractivity contribution in [3.8, 4) is 0 Å². The first-order valence-electron chi connectivity index (χ1n) is 10.3. The third kappa shape index (κ3) is 4.97. The van der Waals surface area contributed by atoms with Gasteiger partial charge in [-0.2, -0.15) is 0 Å². The van der Waals surface area contributed by atoms with E-state index in [1.54, 1.807) is 24.3 Å². The van der Waals surface area contributed by atoms with Crippen molar-refractivity contribution < 1.29 is 9.59 Å². The van der Waals surface area contributed by atoms with E-state index in [1.165, 1.54) is 23.1 Å². The maximum atomic E-state index is 13.1. The van der Waals surface area contributed by atoms with Crippen LogP contribution in [0.1, 0.15) is 47.7 Å². The van der Waals surface area contributed by atoms with Crippen molar-refractivity contribution in [3.05, 3.63) is 51.7 Å². The Hall–Kier alpha value is -2.43. The molecule has 1 N–H and O–H groups in total. The number of hydrogen-bond acceptors (Lipinski definition) is 7. The molecular weight excluding hydrogens is 468 g/mol. The molecule has 0 spiro atoms. The van der Waals surface area contributed by atoms with Crippen LogP contribution >= 0.6 is 34.7 Å². The first-order chi connectivity index (χ1) is 15.5. The smallest absolute Gasteiger partial charge is 0.254 e. The first kappa shape index (κ1) is 22.8. The van der Waals surface area contributed by atoms with Crippen LogP contribution in [-0.2, 0) is 11.3 Å². The lowest BCUT2D eigenvalue weighted by atomic mass is 10.1. The number of carbonyl (C=O) groups excluding carboxylic acids is 2. The Morgan fingerprint density at radius 2 is 2.06 bits per heavy atom. The van der Waals surface area contributed by atoms with Gasteiger partial charge in [0.25, 0.3) is 5.91 Å². The summed E-state index contributed by atoms with van der Waals surface area (Å²) in [7, 11) is 0. The molecule has 0 aliphatic carbocycles. The van der Waals surface area contributed by atoms with Crippen LogP contribution < -0.4 is 5.32 Å². The molecule has 2 aromatic heterocycles. The Balaban J connectivity index is 1.46. The molecule has 3 aromatic rings. The third-order valence-corrected chi connectivity index (χ3v) is 7.26. The second-order valence-electron chi connectivity index (χ2n) is 7.38. The van der Waals surface area contributed by atoms with Gasteiger partial charge in [-0.05, 0) is 51.0 Å². The number of carbonyl (C=O) groups is 2. The van der Waals surface area contributed by atoms with E-state index in [0.717, 1.165) is 24.4 Å². The van der Waals surface area contributed by atoms with Gasteiger partial charge < -0.3 is 14.8 Å². The van der Waals surface area contributed by atoms with Crippen molar-refractivity contribution >= 4 is 51.6 Å². The number of anilines is 1. The normalized spacial score (nSPS) is 15.8. The van der Waals surface area contributed by atoms with Crippen molar-refractivity contribution in [1.82, 2.24) is 24.6 Å². The molecule has 1 atom stereocenters. The summed E-state index contributed by atoms with van der Waals surface area (Å²) in [4.78, 5) is 31.5. The van der Waals surface area contributed by atoms with Crippen LogP contribution in [0.25, 0.3) is 0 Å². The SMILES string of the molecule is CCn1c(SCC(=O)Nc2nc(C)cs2)nnc1C1CCCN1C(=O)c1ccc(Cl)cc1. The van der Waals surface area contributed by atoms with Crippen molar-refractivity contribution in [3.63, 3.8) is 0 Å². The largest absolute Gasteiger partial charge is 0.328 e. The minimum Gasteiger partial charge on any atom is -0.328 e. The quantitative estimate of drug-likeness (QED) is 0.492. The van der Waals surface area contributed by atoms with Crippen LogP contribution in [0, 0.1) is 6.92 Å². The van der Waals surface area contributed by atoms with E-state index in [-0.39, 0.29) is 23.6 Å². The molecule has 1 aromatic carbocycles. The number of amides is 2. The zero-order valence-corrected chi connectivity index (χ0v) is 20.1. The molecule has 0 radical (unpaired) electrons. The van der Waals surface area contributed by atoms with Crippen LogP contribution in [0.5, 0.6) is 0 Å². The molecule has 1 aliphatic rings. The molecule has 32 heavy (non-hydrogen) atoms. The molecule has 0 saturated carbocycles. The Kier molecular flexibility index (Phi) is 7.12. The topological polar surface area (TPSA) is 93.0 Å². The minimum absolute atomic E-state index is 0.0397. The lowest BCUT2D eigenvalue weighted by Gasteiger charge is -2.24. The molecule has 0 bridgehead atoms. The molecule has 1 saturated heterocycles. The molecular formula is C21H23ClN6O2S2. The van der Waals surface area contributed by atoms with Gasteiger partial charge in [-0.15, -0.1) is 21.5 Å². The number of likely N-dealkylation sites (tertiary alicyclic amines) is 1. The van der Waals surface area contributed by atoms with E-state index in [9.17, 15) is 9.59 Å².